The molecule has 2 aliphatic heterocycles. The van der Waals surface area contributed by atoms with Crippen molar-refractivity contribution in [2.24, 2.45) is 4.99 Å². The van der Waals surface area contributed by atoms with Crippen LogP contribution in [0.3, 0.4) is 0 Å². The molecule has 7 heteroatoms. The van der Waals surface area contributed by atoms with Crippen LogP contribution in [0.1, 0.15) is 18.4 Å². The van der Waals surface area contributed by atoms with E-state index < -0.39 is 0 Å². The number of piperidine rings is 1. The molecule has 0 aromatic heterocycles. The van der Waals surface area contributed by atoms with Gasteiger partial charge in [-0.1, -0.05) is 12.1 Å². The number of halogens is 1. The van der Waals surface area contributed by atoms with Gasteiger partial charge in [0, 0.05) is 64.9 Å². The van der Waals surface area contributed by atoms with E-state index in [1.165, 1.54) is 5.56 Å². The van der Waals surface area contributed by atoms with Crippen molar-refractivity contribution < 1.29 is 4.39 Å². The highest BCUT2D eigenvalue weighted by atomic mass is 19.1. The standard InChI is InChI=1S/C21H35FN6/c1-23-21(24-14-20-16-26(2)12-13-27(20)3)25-19-8-10-28(11-9-19)15-17-4-6-18(22)7-5-17/h4-7,19-20H,8-16H2,1-3H3,(H2,23,24,25). The lowest BCUT2D eigenvalue weighted by atomic mass is 10.0. The van der Waals surface area contributed by atoms with E-state index in [1.54, 1.807) is 12.1 Å². The van der Waals surface area contributed by atoms with Crippen LogP contribution in [0.5, 0.6) is 0 Å². The average Bonchev–Trinajstić information content (AvgIpc) is 2.70. The quantitative estimate of drug-likeness (QED) is 0.584. The van der Waals surface area contributed by atoms with Gasteiger partial charge in [-0.05, 0) is 44.6 Å². The Bertz CT molecular complexity index is 626. The number of rotatable bonds is 5. The number of likely N-dealkylation sites (tertiary alicyclic amines) is 1. The third kappa shape index (κ3) is 6.15. The lowest BCUT2D eigenvalue weighted by Crippen LogP contribution is -2.56. The van der Waals surface area contributed by atoms with Crippen LogP contribution in [0.25, 0.3) is 0 Å². The van der Waals surface area contributed by atoms with Crippen LogP contribution < -0.4 is 10.6 Å². The lowest BCUT2D eigenvalue weighted by molar-refractivity contribution is 0.116. The molecule has 2 fully saturated rings. The molecule has 156 valence electrons. The van der Waals surface area contributed by atoms with Crippen molar-refractivity contribution in [3.05, 3.63) is 35.6 Å². The second-order valence-electron chi connectivity index (χ2n) is 8.17. The molecule has 0 bridgehead atoms. The fourth-order valence-electron chi connectivity index (χ4n) is 4.01. The number of nitrogens with zero attached hydrogens (tertiary/aromatic N) is 4. The first kappa shape index (κ1) is 21.0. The fourth-order valence-corrected chi connectivity index (χ4v) is 4.01. The van der Waals surface area contributed by atoms with Gasteiger partial charge in [0.25, 0.3) is 0 Å². The van der Waals surface area contributed by atoms with Crippen molar-refractivity contribution in [1.29, 1.82) is 0 Å². The number of guanidine groups is 1. The summed E-state index contributed by atoms with van der Waals surface area (Å²) in [7, 11) is 6.23. The maximum Gasteiger partial charge on any atom is 0.191 e. The molecular weight excluding hydrogens is 355 g/mol. The SMILES string of the molecule is CN=C(NCC1CN(C)CCN1C)NC1CCN(Cc2ccc(F)cc2)CC1. The molecule has 2 saturated heterocycles. The zero-order chi connectivity index (χ0) is 19.9. The molecule has 0 spiro atoms. The van der Waals surface area contributed by atoms with Gasteiger partial charge in [0.15, 0.2) is 5.96 Å². The third-order valence-corrected chi connectivity index (χ3v) is 5.96. The van der Waals surface area contributed by atoms with Crippen molar-refractivity contribution in [3.63, 3.8) is 0 Å². The molecule has 0 aliphatic carbocycles. The lowest BCUT2D eigenvalue weighted by Gasteiger charge is -2.38. The number of likely N-dealkylation sites (N-methyl/N-ethyl adjacent to an activating group) is 2. The fraction of sp³-hybridized carbons (Fsp3) is 0.667. The molecule has 1 atom stereocenters. The van der Waals surface area contributed by atoms with E-state index in [-0.39, 0.29) is 5.82 Å². The van der Waals surface area contributed by atoms with Crippen LogP contribution in [0.4, 0.5) is 4.39 Å². The van der Waals surface area contributed by atoms with Gasteiger partial charge in [-0.3, -0.25) is 14.8 Å². The Labute approximate surface area is 168 Å². The second kappa shape index (κ2) is 10.2. The summed E-state index contributed by atoms with van der Waals surface area (Å²) in [5, 5.41) is 7.11. The summed E-state index contributed by atoms with van der Waals surface area (Å²) < 4.78 is 13.0. The minimum Gasteiger partial charge on any atom is -0.355 e. The number of nitrogens with one attached hydrogen (secondary N) is 2. The molecule has 2 heterocycles. The number of piperazine rings is 1. The van der Waals surface area contributed by atoms with E-state index in [1.807, 2.05) is 19.2 Å². The van der Waals surface area contributed by atoms with Gasteiger partial charge >= 0.3 is 0 Å². The van der Waals surface area contributed by atoms with Crippen LogP contribution >= 0.6 is 0 Å². The molecule has 2 aliphatic rings. The van der Waals surface area contributed by atoms with E-state index in [0.29, 0.717) is 12.1 Å². The maximum atomic E-state index is 13.0. The molecule has 1 aromatic carbocycles. The van der Waals surface area contributed by atoms with Gasteiger partial charge in [0.05, 0.1) is 0 Å². The van der Waals surface area contributed by atoms with Crippen LogP contribution in [0.15, 0.2) is 29.3 Å². The second-order valence-corrected chi connectivity index (χ2v) is 8.17. The highest BCUT2D eigenvalue weighted by molar-refractivity contribution is 5.80. The monoisotopic (exact) mass is 390 g/mol. The topological polar surface area (TPSA) is 46.1 Å². The van der Waals surface area contributed by atoms with Crippen molar-refractivity contribution in [2.75, 3.05) is 60.4 Å². The van der Waals surface area contributed by atoms with Gasteiger partial charge in [0.2, 0.25) is 0 Å². The average molecular weight is 391 g/mol. The van der Waals surface area contributed by atoms with Crippen LogP contribution in [-0.4, -0.2) is 93.2 Å². The summed E-state index contributed by atoms with van der Waals surface area (Å²) in [4.78, 5) is 11.7. The Kier molecular flexibility index (Phi) is 7.65. The van der Waals surface area contributed by atoms with Crippen molar-refractivity contribution in [1.82, 2.24) is 25.3 Å². The Morgan fingerprint density at radius 1 is 1.11 bits per heavy atom. The minimum absolute atomic E-state index is 0.170. The first-order valence-electron chi connectivity index (χ1n) is 10.4. The third-order valence-electron chi connectivity index (χ3n) is 5.96. The molecular formula is C21H35FN6. The molecule has 6 nitrogen and oxygen atoms in total. The van der Waals surface area contributed by atoms with E-state index in [2.05, 4.69) is 44.4 Å². The summed E-state index contributed by atoms with van der Waals surface area (Å²) in [6, 6.07) is 7.80. The zero-order valence-electron chi connectivity index (χ0n) is 17.5. The van der Waals surface area contributed by atoms with Crippen LogP contribution in [0.2, 0.25) is 0 Å². The zero-order valence-corrected chi connectivity index (χ0v) is 17.5. The van der Waals surface area contributed by atoms with Crippen molar-refractivity contribution >= 4 is 5.96 Å². The number of hydrogen-bond acceptors (Lipinski definition) is 4. The number of hydrogen-bond donors (Lipinski definition) is 2. The number of benzene rings is 1. The van der Waals surface area contributed by atoms with Crippen LogP contribution in [-0.2, 0) is 6.54 Å². The highest BCUT2D eigenvalue weighted by Gasteiger charge is 2.23. The molecule has 3 rings (SSSR count). The molecule has 1 aromatic rings. The summed E-state index contributed by atoms with van der Waals surface area (Å²) in [6.45, 7) is 7.22. The minimum atomic E-state index is -0.170. The van der Waals surface area contributed by atoms with E-state index in [0.717, 1.165) is 64.6 Å². The summed E-state index contributed by atoms with van der Waals surface area (Å²) in [5.74, 6) is 0.732. The van der Waals surface area contributed by atoms with E-state index >= 15 is 0 Å². The molecule has 28 heavy (non-hydrogen) atoms. The first-order chi connectivity index (χ1) is 13.5. The Hall–Kier alpha value is -1.70. The van der Waals surface area contributed by atoms with Gasteiger partial charge in [-0.2, -0.15) is 0 Å². The molecule has 2 N–H and O–H groups in total. The van der Waals surface area contributed by atoms with Gasteiger partial charge in [0.1, 0.15) is 5.82 Å². The maximum absolute atomic E-state index is 13.0. The summed E-state index contributed by atoms with van der Waals surface area (Å²) in [6.07, 6.45) is 2.18. The van der Waals surface area contributed by atoms with Gasteiger partial charge < -0.3 is 15.5 Å². The smallest absolute Gasteiger partial charge is 0.191 e. The number of aliphatic imine (C=N–C) groups is 1. The molecule has 0 radical (unpaired) electrons. The molecule has 0 amide bonds. The van der Waals surface area contributed by atoms with E-state index in [4.69, 9.17) is 0 Å². The van der Waals surface area contributed by atoms with Crippen LogP contribution in [0, 0.1) is 5.82 Å². The highest BCUT2D eigenvalue weighted by Crippen LogP contribution is 2.14. The Morgan fingerprint density at radius 2 is 1.82 bits per heavy atom. The van der Waals surface area contributed by atoms with E-state index in [9.17, 15) is 4.39 Å². The Balaban J connectivity index is 1.39. The van der Waals surface area contributed by atoms with Gasteiger partial charge in [-0.15, -0.1) is 0 Å². The molecule has 1 unspecified atom stereocenters. The van der Waals surface area contributed by atoms with Crippen molar-refractivity contribution in [2.45, 2.75) is 31.5 Å². The predicted octanol–water partition coefficient (Wildman–Crippen LogP) is 1.20. The molecule has 0 saturated carbocycles. The largest absolute Gasteiger partial charge is 0.355 e. The summed E-state index contributed by atoms with van der Waals surface area (Å²) >= 11 is 0. The Morgan fingerprint density at radius 3 is 2.50 bits per heavy atom. The predicted molar refractivity (Wildman–Crippen MR) is 113 cm³/mol. The van der Waals surface area contributed by atoms with Gasteiger partial charge in [-0.25, -0.2) is 4.39 Å². The first-order valence-corrected chi connectivity index (χ1v) is 10.4. The normalized spacial score (nSPS) is 23.7. The summed E-state index contributed by atoms with van der Waals surface area (Å²) in [5.41, 5.74) is 1.17. The van der Waals surface area contributed by atoms with Crippen molar-refractivity contribution in [3.8, 4) is 0 Å².